The Morgan fingerprint density at radius 1 is 1.25 bits per heavy atom. The summed E-state index contributed by atoms with van der Waals surface area (Å²) < 4.78 is 11.5. The number of rotatable bonds is 6. The second-order valence-corrected chi connectivity index (χ2v) is 5.03. The summed E-state index contributed by atoms with van der Waals surface area (Å²) in [5, 5.41) is 3.09. The molecule has 0 saturated heterocycles. The first kappa shape index (κ1) is 14.5. The van der Waals surface area contributed by atoms with E-state index in [1.807, 2.05) is 52.3 Å². The first-order chi connectivity index (χ1) is 9.60. The minimum absolute atomic E-state index is 0.446. The normalized spacial score (nSPS) is 10.6. The maximum Gasteiger partial charge on any atom is 0.146 e. The van der Waals surface area contributed by atoms with Crippen LogP contribution in [0.25, 0.3) is 0 Å². The van der Waals surface area contributed by atoms with E-state index in [2.05, 4.69) is 16.3 Å². The molecule has 20 heavy (non-hydrogen) atoms. The first-order valence-corrected chi connectivity index (χ1v) is 6.73. The highest BCUT2D eigenvalue weighted by molar-refractivity contribution is 5.49. The molecule has 0 aliphatic carbocycles. The molecule has 0 saturated carbocycles. The molecule has 0 spiro atoms. The number of nitrogens with zero attached hydrogens (tertiary/aromatic N) is 1. The Bertz CT molecular complexity index is 561. The van der Waals surface area contributed by atoms with Gasteiger partial charge in [0.25, 0.3) is 0 Å². The van der Waals surface area contributed by atoms with Crippen molar-refractivity contribution in [2.75, 3.05) is 26.0 Å². The minimum atomic E-state index is 0.446. The molecule has 1 aromatic heterocycles. The zero-order chi connectivity index (χ0) is 14.5. The smallest absolute Gasteiger partial charge is 0.146 e. The highest BCUT2D eigenvalue weighted by atomic mass is 16.5. The van der Waals surface area contributed by atoms with Crippen molar-refractivity contribution in [2.24, 2.45) is 0 Å². The van der Waals surface area contributed by atoms with Gasteiger partial charge in [-0.05, 0) is 37.7 Å². The van der Waals surface area contributed by atoms with E-state index in [9.17, 15) is 0 Å². The van der Waals surface area contributed by atoms with Crippen LogP contribution in [0.1, 0.15) is 17.1 Å². The number of furan rings is 1. The van der Waals surface area contributed by atoms with E-state index in [1.165, 1.54) is 0 Å². The van der Waals surface area contributed by atoms with Gasteiger partial charge in [0.15, 0.2) is 0 Å². The van der Waals surface area contributed by atoms with Gasteiger partial charge in [0.05, 0.1) is 6.54 Å². The Morgan fingerprint density at radius 2 is 2.05 bits per heavy atom. The van der Waals surface area contributed by atoms with Crippen LogP contribution in [-0.2, 0) is 13.2 Å². The second kappa shape index (κ2) is 6.48. The van der Waals surface area contributed by atoms with Crippen LogP contribution in [0.3, 0.4) is 0 Å². The van der Waals surface area contributed by atoms with E-state index in [0.717, 1.165) is 35.1 Å². The Kier molecular flexibility index (Phi) is 4.69. The Balaban J connectivity index is 2.01. The van der Waals surface area contributed by atoms with Crippen LogP contribution in [0.5, 0.6) is 5.75 Å². The monoisotopic (exact) mass is 274 g/mol. The fourth-order valence-corrected chi connectivity index (χ4v) is 2.00. The summed E-state index contributed by atoms with van der Waals surface area (Å²) >= 11 is 0. The molecule has 1 aromatic carbocycles. The molecule has 0 fully saturated rings. The second-order valence-electron chi connectivity index (χ2n) is 5.03. The average Bonchev–Trinajstić information content (AvgIpc) is 2.78. The van der Waals surface area contributed by atoms with Gasteiger partial charge in [0, 0.05) is 25.8 Å². The predicted molar refractivity (Wildman–Crippen MR) is 81.3 cm³/mol. The van der Waals surface area contributed by atoms with E-state index < -0.39 is 0 Å². The molecule has 1 heterocycles. The van der Waals surface area contributed by atoms with Crippen LogP contribution < -0.4 is 15.0 Å². The van der Waals surface area contributed by atoms with Crippen LogP contribution in [0.2, 0.25) is 0 Å². The molecular formula is C16H22N2O2. The molecule has 108 valence electrons. The maximum absolute atomic E-state index is 5.79. The Labute approximate surface area is 120 Å². The maximum atomic E-state index is 5.79. The molecule has 0 aliphatic rings. The predicted octanol–water partition coefficient (Wildman–Crippen LogP) is 2.95. The lowest BCUT2D eigenvalue weighted by Crippen LogP contribution is -2.08. The molecule has 0 amide bonds. The fourth-order valence-electron chi connectivity index (χ4n) is 2.00. The zero-order valence-corrected chi connectivity index (χ0v) is 12.6. The zero-order valence-electron chi connectivity index (χ0n) is 12.6. The van der Waals surface area contributed by atoms with Gasteiger partial charge in [-0.1, -0.05) is 6.07 Å². The summed E-state index contributed by atoms with van der Waals surface area (Å²) in [6, 6.07) is 10.0. The van der Waals surface area contributed by atoms with E-state index in [4.69, 9.17) is 9.15 Å². The molecule has 4 heteroatoms. The first-order valence-electron chi connectivity index (χ1n) is 6.73. The number of aryl methyl sites for hydroxylation is 1. The van der Waals surface area contributed by atoms with Crippen LogP contribution in [0, 0.1) is 6.92 Å². The number of benzene rings is 1. The van der Waals surface area contributed by atoms with Crippen molar-refractivity contribution in [3.05, 3.63) is 47.4 Å². The summed E-state index contributed by atoms with van der Waals surface area (Å²) in [4.78, 5) is 2.05. The topological polar surface area (TPSA) is 37.6 Å². The summed E-state index contributed by atoms with van der Waals surface area (Å²) in [6.45, 7) is 3.23. The van der Waals surface area contributed by atoms with E-state index >= 15 is 0 Å². The molecule has 0 unspecified atom stereocenters. The number of nitrogens with one attached hydrogen (secondary N) is 1. The van der Waals surface area contributed by atoms with Gasteiger partial charge in [-0.3, -0.25) is 0 Å². The van der Waals surface area contributed by atoms with Crippen LogP contribution in [0.4, 0.5) is 5.69 Å². The summed E-state index contributed by atoms with van der Waals surface area (Å²) in [5.74, 6) is 2.66. The van der Waals surface area contributed by atoms with Gasteiger partial charge in [0.2, 0.25) is 0 Å². The third kappa shape index (κ3) is 3.54. The van der Waals surface area contributed by atoms with Crippen molar-refractivity contribution in [3.63, 3.8) is 0 Å². The summed E-state index contributed by atoms with van der Waals surface area (Å²) in [6.07, 6.45) is 0. The number of hydrogen-bond donors (Lipinski definition) is 1. The molecule has 2 rings (SSSR count). The van der Waals surface area contributed by atoms with Crippen molar-refractivity contribution in [2.45, 2.75) is 20.1 Å². The molecule has 0 atom stereocenters. The van der Waals surface area contributed by atoms with Gasteiger partial charge < -0.3 is 19.4 Å². The Hall–Kier alpha value is -1.94. The SMILES string of the molecule is CNCc1oc(COc2cccc(N(C)C)c2)cc1C. The summed E-state index contributed by atoms with van der Waals surface area (Å²) in [5.41, 5.74) is 2.27. The van der Waals surface area contributed by atoms with Gasteiger partial charge in [-0.25, -0.2) is 0 Å². The van der Waals surface area contributed by atoms with Crippen molar-refractivity contribution in [1.29, 1.82) is 0 Å². The van der Waals surface area contributed by atoms with E-state index in [1.54, 1.807) is 0 Å². The van der Waals surface area contributed by atoms with Crippen LogP contribution >= 0.6 is 0 Å². The lowest BCUT2D eigenvalue weighted by atomic mass is 10.2. The van der Waals surface area contributed by atoms with Crippen molar-refractivity contribution < 1.29 is 9.15 Å². The molecule has 2 aromatic rings. The van der Waals surface area contributed by atoms with Gasteiger partial charge in [-0.15, -0.1) is 0 Å². The molecule has 1 N–H and O–H groups in total. The van der Waals surface area contributed by atoms with E-state index in [0.29, 0.717) is 6.61 Å². The largest absolute Gasteiger partial charge is 0.486 e. The van der Waals surface area contributed by atoms with Crippen molar-refractivity contribution in [3.8, 4) is 5.75 Å². The van der Waals surface area contributed by atoms with Crippen molar-refractivity contribution >= 4 is 5.69 Å². The van der Waals surface area contributed by atoms with Crippen LogP contribution in [0.15, 0.2) is 34.7 Å². The molecule has 0 radical (unpaired) electrons. The highest BCUT2D eigenvalue weighted by Crippen LogP contribution is 2.21. The third-order valence-electron chi connectivity index (χ3n) is 3.12. The van der Waals surface area contributed by atoms with Crippen LogP contribution in [-0.4, -0.2) is 21.1 Å². The highest BCUT2D eigenvalue weighted by Gasteiger charge is 2.07. The lowest BCUT2D eigenvalue weighted by molar-refractivity contribution is 0.265. The molecule has 0 bridgehead atoms. The minimum Gasteiger partial charge on any atom is -0.486 e. The lowest BCUT2D eigenvalue weighted by Gasteiger charge is -2.13. The standard InChI is InChI=1S/C16H22N2O2/c1-12-8-15(20-16(12)10-17-2)11-19-14-7-5-6-13(9-14)18(3)4/h5-9,17H,10-11H2,1-4H3. The van der Waals surface area contributed by atoms with E-state index in [-0.39, 0.29) is 0 Å². The molecule has 0 aliphatic heterocycles. The average molecular weight is 274 g/mol. The van der Waals surface area contributed by atoms with Crippen molar-refractivity contribution in [1.82, 2.24) is 5.32 Å². The Morgan fingerprint density at radius 3 is 2.75 bits per heavy atom. The van der Waals surface area contributed by atoms with Gasteiger partial charge in [-0.2, -0.15) is 0 Å². The number of ether oxygens (including phenoxy) is 1. The summed E-state index contributed by atoms with van der Waals surface area (Å²) in [7, 11) is 5.93. The third-order valence-corrected chi connectivity index (χ3v) is 3.12. The van der Waals surface area contributed by atoms with Gasteiger partial charge >= 0.3 is 0 Å². The fraction of sp³-hybridized carbons (Fsp3) is 0.375. The molecular weight excluding hydrogens is 252 g/mol. The quantitative estimate of drug-likeness (QED) is 0.879. The molecule has 4 nitrogen and oxygen atoms in total. The number of hydrogen-bond acceptors (Lipinski definition) is 4. The number of anilines is 1. The van der Waals surface area contributed by atoms with Gasteiger partial charge in [0.1, 0.15) is 23.9 Å².